The van der Waals surface area contributed by atoms with Crippen molar-refractivity contribution in [2.45, 2.75) is 6.18 Å². The molecule has 0 saturated heterocycles. The van der Waals surface area contributed by atoms with Crippen molar-refractivity contribution in [2.24, 2.45) is 0 Å². The molecule has 0 aliphatic heterocycles. The Balaban J connectivity index is 2.42. The number of benzene rings is 1. The maximum Gasteiger partial charge on any atom is 0.417 e. The van der Waals surface area contributed by atoms with Crippen LogP contribution in [0.2, 0.25) is 0 Å². The molecule has 0 radical (unpaired) electrons. The van der Waals surface area contributed by atoms with E-state index < -0.39 is 11.7 Å². The first kappa shape index (κ1) is 13.1. The predicted octanol–water partition coefficient (Wildman–Crippen LogP) is 3.29. The highest BCUT2D eigenvalue weighted by atomic mass is 19.4. The van der Waals surface area contributed by atoms with Gasteiger partial charge in [0.15, 0.2) is 0 Å². The van der Waals surface area contributed by atoms with Gasteiger partial charge in [-0.15, -0.1) is 0 Å². The van der Waals surface area contributed by atoms with E-state index in [0.29, 0.717) is 18.0 Å². The van der Waals surface area contributed by atoms with Crippen molar-refractivity contribution in [3.05, 3.63) is 47.7 Å². The van der Waals surface area contributed by atoms with Crippen molar-refractivity contribution in [3.63, 3.8) is 0 Å². The molecule has 0 atom stereocenters. The molecule has 1 aromatic carbocycles. The van der Waals surface area contributed by atoms with Gasteiger partial charge >= 0.3 is 6.18 Å². The molecule has 0 aliphatic rings. The van der Waals surface area contributed by atoms with Gasteiger partial charge in [-0.25, -0.2) is 0 Å². The molecule has 0 fully saturated rings. The minimum Gasteiger partial charge on any atom is -0.508 e. The molecule has 3 nitrogen and oxygen atoms in total. The Labute approximate surface area is 106 Å². The third-order valence-corrected chi connectivity index (χ3v) is 2.46. The average molecular weight is 267 g/mol. The van der Waals surface area contributed by atoms with E-state index in [1.807, 2.05) is 0 Å². The summed E-state index contributed by atoms with van der Waals surface area (Å²) in [5, 5.41) is 9.40. The molecule has 1 heterocycles. The zero-order valence-electron chi connectivity index (χ0n) is 9.48. The number of aromatic nitrogens is 1. The monoisotopic (exact) mass is 267 g/mol. The molecule has 0 spiro atoms. The highest BCUT2D eigenvalue weighted by Crippen LogP contribution is 2.30. The zero-order chi connectivity index (χ0) is 14.0. The minimum absolute atomic E-state index is 0.152. The van der Waals surface area contributed by atoms with Crippen LogP contribution in [0, 0.1) is 0 Å². The molecular weight excluding hydrogens is 259 g/mol. The summed E-state index contributed by atoms with van der Waals surface area (Å²) in [5.41, 5.74) is -0.0217. The van der Waals surface area contributed by atoms with Gasteiger partial charge in [0.1, 0.15) is 12.0 Å². The summed E-state index contributed by atoms with van der Waals surface area (Å²) in [4.78, 5) is 14.3. The summed E-state index contributed by atoms with van der Waals surface area (Å²) in [6.45, 7) is 0. The van der Waals surface area contributed by atoms with Crippen molar-refractivity contribution in [1.29, 1.82) is 0 Å². The molecular formula is C13H8F3NO2. The topological polar surface area (TPSA) is 50.2 Å². The first-order chi connectivity index (χ1) is 8.90. The van der Waals surface area contributed by atoms with Gasteiger partial charge in [0.05, 0.1) is 11.3 Å². The molecule has 98 valence electrons. The zero-order valence-corrected chi connectivity index (χ0v) is 9.48. The summed E-state index contributed by atoms with van der Waals surface area (Å²) in [5.74, 6) is -0.152. The molecule has 0 aliphatic carbocycles. The number of carbonyl (C=O) groups is 1. The standard InChI is InChI=1S/C13H8F3NO2/c14-13(15,16)10-1-2-12(17-6-10)9-3-8(7-18)4-11(19)5-9/h1-7,19H. The van der Waals surface area contributed by atoms with Crippen LogP contribution in [-0.2, 0) is 6.18 Å². The molecule has 1 aromatic heterocycles. The molecule has 0 amide bonds. The van der Waals surface area contributed by atoms with E-state index in [0.717, 1.165) is 6.07 Å². The van der Waals surface area contributed by atoms with E-state index in [1.54, 1.807) is 0 Å². The number of pyridine rings is 1. The summed E-state index contributed by atoms with van der Waals surface area (Å²) < 4.78 is 37.1. The number of alkyl halides is 3. The van der Waals surface area contributed by atoms with Crippen LogP contribution in [0.4, 0.5) is 13.2 Å². The molecule has 0 bridgehead atoms. The van der Waals surface area contributed by atoms with E-state index in [-0.39, 0.29) is 17.0 Å². The first-order valence-corrected chi connectivity index (χ1v) is 5.23. The molecule has 19 heavy (non-hydrogen) atoms. The Kier molecular flexibility index (Phi) is 3.25. The smallest absolute Gasteiger partial charge is 0.417 e. The maximum atomic E-state index is 12.4. The highest BCUT2D eigenvalue weighted by Gasteiger charge is 2.30. The summed E-state index contributed by atoms with van der Waals surface area (Å²) in [7, 11) is 0. The Bertz CT molecular complexity index is 606. The largest absolute Gasteiger partial charge is 0.508 e. The van der Waals surface area contributed by atoms with Gasteiger partial charge < -0.3 is 5.11 Å². The highest BCUT2D eigenvalue weighted by molar-refractivity contribution is 5.79. The van der Waals surface area contributed by atoms with Crippen LogP contribution in [0.1, 0.15) is 15.9 Å². The summed E-state index contributed by atoms with van der Waals surface area (Å²) in [6, 6.07) is 6.09. The number of halogens is 3. The second-order valence-electron chi connectivity index (χ2n) is 3.86. The lowest BCUT2D eigenvalue weighted by Crippen LogP contribution is -2.05. The fourth-order valence-electron chi connectivity index (χ4n) is 1.58. The maximum absolute atomic E-state index is 12.4. The number of phenolic OH excluding ortho intramolecular Hbond substituents is 1. The van der Waals surface area contributed by atoms with Gasteiger partial charge in [-0.2, -0.15) is 13.2 Å². The van der Waals surface area contributed by atoms with Crippen LogP contribution in [0.25, 0.3) is 11.3 Å². The van der Waals surface area contributed by atoms with Gasteiger partial charge in [0.2, 0.25) is 0 Å². The Morgan fingerprint density at radius 2 is 1.89 bits per heavy atom. The summed E-state index contributed by atoms with van der Waals surface area (Å²) >= 11 is 0. The van der Waals surface area contributed by atoms with Crippen LogP contribution >= 0.6 is 0 Å². The molecule has 6 heteroatoms. The van der Waals surface area contributed by atoms with Crippen molar-refractivity contribution in [2.75, 3.05) is 0 Å². The lowest BCUT2D eigenvalue weighted by atomic mass is 10.1. The SMILES string of the molecule is O=Cc1cc(O)cc(-c2ccc(C(F)(F)F)cn2)c1. The molecule has 0 unspecified atom stereocenters. The van der Waals surface area contributed by atoms with Gasteiger partial charge in [-0.3, -0.25) is 9.78 Å². The predicted molar refractivity (Wildman–Crippen MR) is 61.7 cm³/mol. The Hall–Kier alpha value is -2.37. The van der Waals surface area contributed by atoms with Crippen LogP contribution < -0.4 is 0 Å². The number of carbonyl (C=O) groups excluding carboxylic acids is 1. The third-order valence-electron chi connectivity index (χ3n) is 2.46. The van der Waals surface area contributed by atoms with Crippen molar-refractivity contribution >= 4 is 6.29 Å². The van der Waals surface area contributed by atoms with Crippen molar-refractivity contribution < 1.29 is 23.1 Å². The number of aldehydes is 1. The van der Waals surface area contributed by atoms with Crippen LogP contribution in [-0.4, -0.2) is 16.4 Å². The van der Waals surface area contributed by atoms with Crippen LogP contribution in [0.5, 0.6) is 5.75 Å². The quantitative estimate of drug-likeness (QED) is 0.849. The number of aromatic hydroxyl groups is 1. The lowest BCUT2D eigenvalue weighted by molar-refractivity contribution is -0.137. The first-order valence-electron chi connectivity index (χ1n) is 5.23. The normalized spacial score (nSPS) is 11.3. The number of hydrogen-bond acceptors (Lipinski definition) is 3. The fourth-order valence-corrected chi connectivity index (χ4v) is 1.58. The van der Waals surface area contributed by atoms with Crippen molar-refractivity contribution in [1.82, 2.24) is 4.98 Å². The molecule has 0 saturated carbocycles. The van der Waals surface area contributed by atoms with E-state index in [9.17, 15) is 23.1 Å². The van der Waals surface area contributed by atoms with E-state index in [2.05, 4.69) is 4.98 Å². The van der Waals surface area contributed by atoms with E-state index >= 15 is 0 Å². The second-order valence-corrected chi connectivity index (χ2v) is 3.86. The van der Waals surface area contributed by atoms with Gasteiger partial charge in [-0.05, 0) is 30.3 Å². The van der Waals surface area contributed by atoms with Crippen LogP contribution in [0.3, 0.4) is 0 Å². The number of nitrogens with zero attached hydrogens (tertiary/aromatic N) is 1. The Morgan fingerprint density at radius 1 is 1.16 bits per heavy atom. The Morgan fingerprint density at radius 3 is 2.42 bits per heavy atom. The van der Waals surface area contributed by atoms with Crippen LogP contribution in [0.15, 0.2) is 36.5 Å². The van der Waals surface area contributed by atoms with E-state index in [4.69, 9.17) is 0 Å². The second kappa shape index (κ2) is 4.72. The molecule has 2 aromatic rings. The third kappa shape index (κ3) is 2.90. The number of phenols is 1. The molecule has 1 N–H and O–H groups in total. The summed E-state index contributed by atoms with van der Waals surface area (Å²) in [6.07, 6.45) is -3.20. The number of hydrogen-bond donors (Lipinski definition) is 1. The van der Waals surface area contributed by atoms with Gasteiger partial charge in [0, 0.05) is 17.3 Å². The average Bonchev–Trinajstić information content (AvgIpc) is 2.37. The van der Waals surface area contributed by atoms with E-state index in [1.165, 1.54) is 24.3 Å². The molecule has 2 rings (SSSR count). The number of rotatable bonds is 2. The minimum atomic E-state index is -4.45. The fraction of sp³-hybridized carbons (Fsp3) is 0.0769. The lowest BCUT2D eigenvalue weighted by Gasteiger charge is -2.07. The van der Waals surface area contributed by atoms with Gasteiger partial charge in [-0.1, -0.05) is 0 Å². The van der Waals surface area contributed by atoms with Gasteiger partial charge in [0.25, 0.3) is 0 Å². The van der Waals surface area contributed by atoms with Crippen molar-refractivity contribution in [3.8, 4) is 17.0 Å².